The van der Waals surface area contributed by atoms with Crippen LogP contribution in [0.4, 0.5) is 15.8 Å². The third-order valence-electron chi connectivity index (χ3n) is 6.32. The van der Waals surface area contributed by atoms with Crippen LogP contribution in [0, 0.1) is 11.2 Å². The Balaban J connectivity index is 1.60. The molecule has 1 aliphatic carbocycles. The lowest BCUT2D eigenvalue weighted by molar-refractivity contribution is -0.118. The van der Waals surface area contributed by atoms with Crippen LogP contribution in [0.2, 0.25) is 0 Å². The molecule has 0 fully saturated rings. The summed E-state index contributed by atoms with van der Waals surface area (Å²) in [5.74, 6) is -0.307. The molecule has 2 aliphatic rings. The van der Waals surface area contributed by atoms with E-state index >= 15 is 0 Å². The Bertz CT molecular complexity index is 1280. The fourth-order valence-corrected chi connectivity index (χ4v) is 4.75. The Morgan fingerprint density at radius 1 is 0.909 bits per heavy atom. The van der Waals surface area contributed by atoms with Crippen molar-refractivity contribution in [2.24, 2.45) is 5.41 Å². The van der Waals surface area contributed by atoms with Gasteiger partial charge in [-0.1, -0.05) is 56.3 Å². The Labute approximate surface area is 192 Å². The van der Waals surface area contributed by atoms with Gasteiger partial charge in [-0.25, -0.2) is 4.39 Å². The first kappa shape index (κ1) is 21.1. The fraction of sp³-hybridized carbons (Fsp3) is 0.214. The second-order valence-corrected chi connectivity index (χ2v) is 9.54. The van der Waals surface area contributed by atoms with Crippen molar-refractivity contribution in [3.63, 3.8) is 0 Å². The molecule has 1 aliphatic heterocycles. The van der Waals surface area contributed by atoms with Crippen LogP contribution < -0.4 is 10.6 Å². The van der Waals surface area contributed by atoms with Crippen LogP contribution in [0.5, 0.6) is 0 Å². The minimum Gasteiger partial charge on any atom is -0.372 e. The summed E-state index contributed by atoms with van der Waals surface area (Å²) in [5.41, 5.74) is 4.88. The second-order valence-electron chi connectivity index (χ2n) is 9.54. The highest BCUT2D eigenvalue weighted by molar-refractivity contribution is 6.10. The molecule has 3 aromatic carbocycles. The molecule has 33 heavy (non-hydrogen) atoms. The number of rotatable bonds is 3. The van der Waals surface area contributed by atoms with Crippen LogP contribution in [0.3, 0.4) is 0 Å². The van der Waals surface area contributed by atoms with Crippen LogP contribution in [0.15, 0.2) is 84.1 Å². The Morgan fingerprint density at radius 3 is 2.36 bits per heavy atom. The van der Waals surface area contributed by atoms with Crippen molar-refractivity contribution in [3.8, 4) is 0 Å². The van der Waals surface area contributed by atoms with Gasteiger partial charge >= 0.3 is 0 Å². The fourth-order valence-electron chi connectivity index (χ4n) is 4.75. The lowest BCUT2D eigenvalue weighted by atomic mass is 9.73. The van der Waals surface area contributed by atoms with Gasteiger partial charge in [-0.15, -0.1) is 0 Å². The second kappa shape index (κ2) is 8.00. The zero-order chi connectivity index (χ0) is 23.2. The molecule has 3 aromatic rings. The number of nitrogens with one attached hydrogen (secondary N) is 2. The highest BCUT2D eigenvalue weighted by Gasteiger charge is 2.38. The molecule has 0 saturated carbocycles. The predicted molar refractivity (Wildman–Crippen MR) is 128 cm³/mol. The van der Waals surface area contributed by atoms with Crippen molar-refractivity contribution in [3.05, 3.63) is 107 Å². The highest BCUT2D eigenvalue weighted by atomic mass is 19.1. The molecule has 1 heterocycles. The molecule has 2 N–H and O–H groups in total. The normalized spacial score (nSPS) is 19.0. The van der Waals surface area contributed by atoms with Gasteiger partial charge in [0.1, 0.15) is 5.82 Å². The van der Waals surface area contributed by atoms with Crippen LogP contribution in [0.25, 0.3) is 0 Å². The van der Waals surface area contributed by atoms with E-state index in [1.165, 1.54) is 12.1 Å². The Hall–Kier alpha value is -3.73. The van der Waals surface area contributed by atoms with Crippen molar-refractivity contribution in [1.82, 2.24) is 0 Å². The number of carbonyl (C=O) groups excluding carboxylic acids is 2. The van der Waals surface area contributed by atoms with Gasteiger partial charge in [0.2, 0.25) is 0 Å². The molecule has 5 heteroatoms. The molecular formula is C28H25FN2O2. The third-order valence-corrected chi connectivity index (χ3v) is 6.32. The summed E-state index contributed by atoms with van der Waals surface area (Å²) in [6, 6.07) is 20.5. The SMILES string of the molecule is CC1(C)CC(=O)C2=C(C1)Nc1cc(C(=O)c3ccccc3)ccc1N[C@H]2c1ccc(F)cc1. The van der Waals surface area contributed by atoms with Gasteiger partial charge in [-0.3, -0.25) is 9.59 Å². The third kappa shape index (κ3) is 4.07. The molecule has 0 amide bonds. The lowest BCUT2D eigenvalue weighted by Gasteiger charge is -2.34. The monoisotopic (exact) mass is 440 g/mol. The number of benzene rings is 3. The molecule has 4 nitrogen and oxygen atoms in total. The summed E-state index contributed by atoms with van der Waals surface area (Å²) < 4.78 is 13.6. The van der Waals surface area contributed by atoms with E-state index in [0.717, 1.165) is 22.6 Å². The van der Waals surface area contributed by atoms with Gasteiger partial charge in [0.05, 0.1) is 17.4 Å². The summed E-state index contributed by atoms with van der Waals surface area (Å²) in [5, 5.41) is 6.96. The van der Waals surface area contributed by atoms with E-state index in [1.54, 1.807) is 30.3 Å². The van der Waals surface area contributed by atoms with Crippen molar-refractivity contribution < 1.29 is 14.0 Å². The van der Waals surface area contributed by atoms with E-state index in [4.69, 9.17) is 0 Å². The molecular weight excluding hydrogens is 415 g/mol. The first-order valence-corrected chi connectivity index (χ1v) is 11.1. The molecule has 166 valence electrons. The average Bonchev–Trinajstić information content (AvgIpc) is 2.95. The molecule has 0 spiro atoms. The van der Waals surface area contributed by atoms with Crippen molar-refractivity contribution in [1.29, 1.82) is 0 Å². The number of fused-ring (bicyclic) bond motifs is 1. The standard InChI is InChI=1S/C28H25FN2O2/c1-28(2)15-23-25(24(32)16-28)26(17-8-11-20(29)12-9-17)31-21-13-10-19(14-22(21)30-23)27(33)18-6-4-3-5-7-18/h3-14,26,30-31H,15-16H2,1-2H3/t26-/m0/s1. The first-order valence-electron chi connectivity index (χ1n) is 11.1. The first-order chi connectivity index (χ1) is 15.8. The largest absolute Gasteiger partial charge is 0.372 e. The van der Waals surface area contributed by atoms with Gasteiger partial charge in [-0.05, 0) is 47.7 Å². The van der Waals surface area contributed by atoms with E-state index < -0.39 is 6.04 Å². The number of carbonyl (C=O) groups is 2. The summed E-state index contributed by atoms with van der Waals surface area (Å²) in [7, 11) is 0. The van der Waals surface area contributed by atoms with Gasteiger partial charge < -0.3 is 10.6 Å². The molecule has 0 bridgehead atoms. The molecule has 0 aromatic heterocycles. The number of Topliss-reactive ketones (excluding diaryl/α,β-unsaturated/α-hetero) is 1. The lowest BCUT2D eigenvalue weighted by Crippen LogP contribution is -2.31. The molecule has 0 saturated heterocycles. The van der Waals surface area contributed by atoms with E-state index in [9.17, 15) is 14.0 Å². The van der Waals surface area contributed by atoms with Crippen LogP contribution in [-0.4, -0.2) is 11.6 Å². The quantitative estimate of drug-likeness (QED) is 0.471. The average molecular weight is 441 g/mol. The summed E-state index contributed by atoms with van der Waals surface area (Å²) >= 11 is 0. The van der Waals surface area contributed by atoms with E-state index in [2.05, 4.69) is 24.5 Å². The molecule has 0 radical (unpaired) electrons. The zero-order valence-electron chi connectivity index (χ0n) is 18.6. The number of ketones is 2. The minimum atomic E-state index is -0.409. The Morgan fingerprint density at radius 2 is 1.64 bits per heavy atom. The number of halogens is 1. The van der Waals surface area contributed by atoms with Gasteiger partial charge in [0.15, 0.2) is 11.6 Å². The summed E-state index contributed by atoms with van der Waals surface area (Å²) in [4.78, 5) is 26.3. The maximum atomic E-state index is 13.6. The van der Waals surface area contributed by atoms with E-state index in [-0.39, 0.29) is 22.8 Å². The van der Waals surface area contributed by atoms with E-state index in [1.807, 2.05) is 30.3 Å². The van der Waals surface area contributed by atoms with E-state index in [0.29, 0.717) is 29.5 Å². The maximum Gasteiger partial charge on any atom is 0.193 e. The smallest absolute Gasteiger partial charge is 0.193 e. The summed E-state index contributed by atoms with van der Waals surface area (Å²) in [6.45, 7) is 4.16. The van der Waals surface area contributed by atoms with Gasteiger partial charge in [0, 0.05) is 28.8 Å². The molecule has 1 atom stereocenters. The number of anilines is 2. The van der Waals surface area contributed by atoms with Crippen LogP contribution in [-0.2, 0) is 4.79 Å². The molecule has 5 rings (SSSR count). The highest BCUT2D eigenvalue weighted by Crippen LogP contribution is 2.45. The van der Waals surface area contributed by atoms with Crippen molar-refractivity contribution in [2.45, 2.75) is 32.7 Å². The topological polar surface area (TPSA) is 58.2 Å². The molecule has 0 unspecified atom stereocenters. The predicted octanol–water partition coefficient (Wildman–Crippen LogP) is 6.28. The van der Waals surface area contributed by atoms with Crippen LogP contribution >= 0.6 is 0 Å². The van der Waals surface area contributed by atoms with Crippen molar-refractivity contribution >= 4 is 22.9 Å². The number of hydrogen-bond acceptors (Lipinski definition) is 4. The van der Waals surface area contributed by atoms with Gasteiger partial charge in [-0.2, -0.15) is 0 Å². The van der Waals surface area contributed by atoms with Gasteiger partial charge in [0.25, 0.3) is 0 Å². The minimum absolute atomic E-state index is 0.0613. The number of hydrogen-bond donors (Lipinski definition) is 2. The van der Waals surface area contributed by atoms with Crippen molar-refractivity contribution in [2.75, 3.05) is 10.6 Å². The Kier molecular flexibility index (Phi) is 5.12. The van der Waals surface area contributed by atoms with Crippen LogP contribution in [0.1, 0.15) is 54.2 Å². The summed E-state index contributed by atoms with van der Waals surface area (Å²) in [6.07, 6.45) is 1.14. The zero-order valence-corrected chi connectivity index (χ0v) is 18.6. The number of allylic oxidation sites excluding steroid dienone is 1. The maximum absolute atomic E-state index is 13.6.